The Balaban J connectivity index is 1.81. The first-order valence-corrected chi connectivity index (χ1v) is 8.62. The average molecular weight is 266 g/mol. The third kappa shape index (κ3) is 4.46. The van der Waals surface area contributed by atoms with Gasteiger partial charge in [0.05, 0.1) is 0 Å². The summed E-state index contributed by atoms with van der Waals surface area (Å²) < 4.78 is 0. The first-order chi connectivity index (χ1) is 9.20. The predicted molar refractivity (Wildman–Crippen MR) is 83.2 cm³/mol. The molecule has 1 unspecified atom stereocenters. The van der Waals surface area contributed by atoms with E-state index in [1.54, 1.807) is 0 Å². The molecular formula is C17H34N2. The van der Waals surface area contributed by atoms with Gasteiger partial charge in [0.2, 0.25) is 0 Å². The Bertz CT molecular complexity index is 240. The lowest BCUT2D eigenvalue weighted by molar-refractivity contribution is 0.105. The summed E-state index contributed by atoms with van der Waals surface area (Å²) in [6.45, 7) is 3.25. The third-order valence-electron chi connectivity index (χ3n) is 5.74. The number of nitrogens with two attached hydrogens (primary N) is 1. The van der Waals surface area contributed by atoms with Gasteiger partial charge in [0.1, 0.15) is 0 Å². The maximum Gasteiger partial charge on any atom is 0.0220 e. The van der Waals surface area contributed by atoms with Gasteiger partial charge in [0.25, 0.3) is 0 Å². The maximum atomic E-state index is 6.08. The highest BCUT2D eigenvalue weighted by atomic mass is 15.2. The van der Waals surface area contributed by atoms with Crippen LogP contribution in [0.1, 0.15) is 71.1 Å². The van der Waals surface area contributed by atoms with Gasteiger partial charge in [-0.15, -0.1) is 0 Å². The van der Waals surface area contributed by atoms with Gasteiger partial charge >= 0.3 is 0 Å². The second kappa shape index (κ2) is 7.64. The average Bonchev–Trinajstić information content (AvgIpc) is 2.46. The molecule has 0 radical (unpaired) electrons. The Labute approximate surface area is 120 Å². The quantitative estimate of drug-likeness (QED) is 0.820. The van der Waals surface area contributed by atoms with E-state index in [1.807, 2.05) is 0 Å². The molecule has 0 aromatic heterocycles. The molecule has 2 heteroatoms. The lowest BCUT2D eigenvalue weighted by Gasteiger charge is -2.40. The normalized spacial score (nSPS) is 31.6. The summed E-state index contributed by atoms with van der Waals surface area (Å²) in [5, 5.41) is 0. The van der Waals surface area contributed by atoms with E-state index in [0.29, 0.717) is 6.04 Å². The van der Waals surface area contributed by atoms with Crippen LogP contribution in [0.2, 0.25) is 0 Å². The third-order valence-corrected chi connectivity index (χ3v) is 5.74. The van der Waals surface area contributed by atoms with Crippen molar-refractivity contribution in [2.24, 2.45) is 17.6 Å². The van der Waals surface area contributed by atoms with Gasteiger partial charge in [0.15, 0.2) is 0 Å². The summed E-state index contributed by atoms with van der Waals surface area (Å²) in [5.41, 5.74) is 6.08. The fourth-order valence-corrected chi connectivity index (χ4v) is 4.18. The van der Waals surface area contributed by atoms with Gasteiger partial charge in [-0.3, -0.25) is 4.90 Å². The molecule has 2 nitrogen and oxygen atoms in total. The zero-order valence-electron chi connectivity index (χ0n) is 13.1. The summed E-state index contributed by atoms with van der Waals surface area (Å²) >= 11 is 0. The van der Waals surface area contributed by atoms with Crippen LogP contribution in [0.5, 0.6) is 0 Å². The molecule has 2 aliphatic carbocycles. The van der Waals surface area contributed by atoms with E-state index in [2.05, 4.69) is 18.9 Å². The fraction of sp³-hybridized carbons (Fsp3) is 1.00. The van der Waals surface area contributed by atoms with Crippen molar-refractivity contribution in [3.63, 3.8) is 0 Å². The minimum Gasteiger partial charge on any atom is -0.329 e. The Hall–Kier alpha value is -0.0800. The van der Waals surface area contributed by atoms with Crippen LogP contribution < -0.4 is 5.73 Å². The molecule has 0 heterocycles. The van der Waals surface area contributed by atoms with E-state index < -0.39 is 0 Å². The highest BCUT2D eigenvalue weighted by molar-refractivity contribution is 4.83. The second-order valence-electron chi connectivity index (χ2n) is 7.21. The van der Waals surface area contributed by atoms with Crippen LogP contribution in [0.4, 0.5) is 0 Å². The number of hydrogen-bond donors (Lipinski definition) is 1. The van der Waals surface area contributed by atoms with Crippen molar-refractivity contribution >= 4 is 0 Å². The van der Waals surface area contributed by atoms with Gasteiger partial charge in [-0.05, 0) is 51.0 Å². The molecule has 0 spiro atoms. The van der Waals surface area contributed by atoms with Crippen molar-refractivity contribution in [1.29, 1.82) is 0 Å². The van der Waals surface area contributed by atoms with E-state index in [9.17, 15) is 0 Å². The zero-order chi connectivity index (χ0) is 13.7. The number of nitrogens with zero attached hydrogens (tertiary/aromatic N) is 1. The molecule has 0 amide bonds. The minimum absolute atomic E-state index is 0.626. The van der Waals surface area contributed by atoms with Crippen LogP contribution in [0.15, 0.2) is 0 Å². The highest BCUT2D eigenvalue weighted by Gasteiger charge is 2.27. The monoisotopic (exact) mass is 266 g/mol. The van der Waals surface area contributed by atoms with Gasteiger partial charge in [-0.1, -0.05) is 39.0 Å². The summed E-state index contributed by atoms with van der Waals surface area (Å²) in [7, 11) is 2.33. The molecule has 19 heavy (non-hydrogen) atoms. The van der Waals surface area contributed by atoms with E-state index in [-0.39, 0.29) is 0 Å². The van der Waals surface area contributed by atoms with Gasteiger partial charge in [-0.2, -0.15) is 0 Å². The van der Waals surface area contributed by atoms with Crippen LogP contribution in [0.3, 0.4) is 0 Å². The molecule has 2 saturated carbocycles. The van der Waals surface area contributed by atoms with Crippen LogP contribution in [0.25, 0.3) is 0 Å². The molecule has 0 bridgehead atoms. The van der Waals surface area contributed by atoms with Crippen molar-refractivity contribution in [1.82, 2.24) is 4.90 Å². The molecule has 0 saturated heterocycles. The van der Waals surface area contributed by atoms with Crippen molar-refractivity contribution in [3.8, 4) is 0 Å². The van der Waals surface area contributed by atoms with E-state index in [0.717, 1.165) is 24.4 Å². The van der Waals surface area contributed by atoms with Crippen LogP contribution >= 0.6 is 0 Å². The smallest absolute Gasteiger partial charge is 0.0220 e. The van der Waals surface area contributed by atoms with Gasteiger partial charge in [0, 0.05) is 18.6 Å². The Morgan fingerprint density at radius 2 is 1.63 bits per heavy atom. The first kappa shape index (κ1) is 15.3. The lowest BCUT2D eigenvalue weighted by atomic mass is 9.82. The molecule has 0 aromatic carbocycles. The van der Waals surface area contributed by atoms with E-state index >= 15 is 0 Å². The Morgan fingerprint density at radius 1 is 1.00 bits per heavy atom. The Morgan fingerprint density at radius 3 is 2.21 bits per heavy atom. The summed E-state index contributed by atoms with van der Waals surface area (Å²) in [5.74, 6) is 1.89. The summed E-state index contributed by atoms with van der Waals surface area (Å²) in [6.07, 6.45) is 14.2. The summed E-state index contributed by atoms with van der Waals surface area (Å²) in [4.78, 5) is 2.64. The van der Waals surface area contributed by atoms with E-state index in [1.165, 1.54) is 64.2 Å². The van der Waals surface area contributed by atoms with Gasteiger partial charge < -0.3 is 5.73 Å². The molecular weight excluding hydrogens is 232 g/mol. The maximum absolute atomic E-state index is 6.08. The second-order valence-corrected chi connectivity index (χ2v) is 7.21. The summed E-state index contributed by atoms with van der Waals surface area (Å²) in [6, 6.07) is 1.43. The number of rotatable bonds is 5. The van der Waals surface area contributed by atoms with Crippen LogP contribution in [0, 0.1) is 11.8 Å². The Kier molecular flexibility index (Phi) is 6.15. The SMILES string of the molecule is CC1CCC(N(C)C(CN)CC2CCCCC2)CC1. The van der Waals surface area contributed by atoms with Crippen molar-refractivity contribution < 1.29 is 0 Å². The van der Waals surface area contributed by atoms with Crippen LogP contribution in [-0.2, 0) is 0 Å². The minimum atomic E-state index is 0.626. The van der Waals surface area contributed by atoms with Crippen molar-refractivity contribution in [3.05, 3.63) is 0 Å². The molecule has 112 valence electrons. The molecule has 1 atom stereocenters. The fourth-order valence-electron chi connectivity index (χ4n) is 4.18. The van der Waals surface area contributed by atoms with Gasteiger partial charge in [-0.25, -0.2) is 0 Å². The van der Waals surface area contributed by atoms with E-state index in [4.69, 9.17) is 5.73 Å². The van der Waals surface area contributed by atoms with Crippen molar-refractivity contribution in [2.75, 3.05) is 13.6 Å². The molecule has 2 N–H and O–H groups in total. The topological polar surface area (TPSA) is 29.3 Å². The highest BCUT2D eigenvalue weighted by Crippen LogP contribution is 2.31. The predicted octanol–water partition coefficient (Wildman–Crippen LogP) is 3.79. The number of hydrogen-bond acceptors (Lipinski definition) is 2. The standard InChI is InChI=1S/C17H34N2/c1-14-8-10-16(11-9-14)19(2)17(13-18)12-15-6-4-3-5-7-15/h14-17H,3-13,18H2,1-2H3. The molecule has 2 fully saturated rings. The molecule has 0 aromatic rings. The molecule has 2 rings (SSSR count). The first-order valence-electron chi connectivity index (χ1n) is 8.62. The van der Waals surface area contributed by atoms with Crippen molar-refractivity contribution in [2.45, 2.75) is 83.2 Å². The zero-order valence-corrected chi connectivity index (χ0v) is 13.1. The number of likely N-dealkylation sites (N-methyl/N-ethyl adjacent to an activating group) is 1. The lowest BCUT2D eigenvalue weighted by Crippen LogP contribution is -2.46. The van der Waals surface area contributed by atoms with Crippen LogP contribution in [-0.4, -0.2) is 30.6 Å². The largest absolute Gasteiger partial charge is 0.329 e. The molecule has 2 aliphatic rings. The molecule has 0 aliphatic heterocycles.